The lowest BCUT2D eigenvalue weighted by atomic mass is 9.95. The smallest absolute Gasteiger partial charge is 0.388 e. The summed E-state index contributed by atoms with van der Waals surface area (Å²) in [5.41, 5.74) is 4.08. The van der Waals surface area contributed by atoms with E-state index in [2.05, 4.69) is 21.9 Å². The van der Waals surface area contributed by atoms with E-state index in [0.29, 0.717) is 6.42 Å². The Morgan fingerprint density at radius 2 is 1.86 bits per heavy atom. The normalized spacial score (nSPS) is 17.9. The molecule has 13 heteroatoms. The van der Waals surface area contributed by atoms with Crippen LogP contribution >= 0.6 is 7.82 Å². The molecule has 0 aliphatic carbocycles. The number of rotatable bonds is 14. The van der Waals surface area contributed by atoms with Gasteiger partial charge in [-0.2, -0.15) is 4.98 Å². The number of unbranched alkanes of at least 4 members (excludes halogenated alkanes) is 2. The first-order chi connectivity index (χ1) is 17.0. The minimum Gasteiger partial charge on any atom is -0.388 e. The van der Waals surface area contributed by atoms with Crippen molar-refractivity contribution in [1.82, 2.24) is 19.5 Å². The standard InChI is InChI=1S/C24H44N5O7P/c1-9-10-11-12-24(7,8)36-37(32,33)34-13-15(2)19(35-23(4,5)6)18(30)16(3)29-14-26-17-20(29)27-22(25)28-21(17)31/h14-16,18-19,30H,9-13H2,1-8H3,(H,32,33)(H3,25,27,28,31). The summed E-state index contributed by atoms with van der Waals surface area (Å²) in [5, 5.41) is 11.4. The number of nitrogens with one attached hydrogen (secondary N) is 1. The number of imidazole rings is 1. The van der Waals surface area contributed by atoms with Gasteiger partial charge in [-0.15, -0.1) is 0 Å². The van der Waals surface area contributed by atoms with Gasteiger partial charge >= 0.3 is 7.82 Å². The fourth-order valence-electron chi connectivity index (χ4n) is 4.10. The molecule has 0 fully saturated rings. The van der Waals surface area contributed by atoms with Crippen LogP contribution in [0.15, 0.2) is 11.1 Å². The van der Waals surface area contributed by atoms with Crippen LogP contribution in [0, 0.1) is 5.92 Å². The molecule has 5 N–H and O–H groups in total. The summed E-state index contributed by atoms with van der Waals surface area (Å²) in [6.07, 6.45) is 3.01. The Balaban J connectivity index is 2.20. The van der Waals surface area contributed by atoms with Crippen LogP contribution in [0.4, 0.5) is 5.95 Å². The lowest BCUT2D eigenvalue weighted by Crippen LogP contribution is -2.45. The van der Waals surface area contributed by atoms with E-state index < -0.39 is 48.8 Å². The fourth-order valence-corrected chi connectivity index (χ4v) is 5.29. The quantitative estimate of drug-likeness (QED) is 0.201. The maximum atomic E-state index is 12.7. The molecule has 2 aromatic rings. The number of ether oxygens (including phenoxy) is 1. The van der Waals surface area contributed by atoms with Gasteiger partial charge in [0.1, 0.15) is 6.10 Å². The van der Waals surface area contributed by atoms with E-state index in [1.54, 1.807) is 32.3 Å². The van der Waals surface area contributed by atoms with E-state index in [9.17, 15) is 19.4 Å². The number of aliphatic hydroxyl groups is 1. The molecule has 0 aromatic carbocycles. The summed E-state index contributed by atoms with van der Waals surface area (Å²) in [6.45, 7) is 14.4. The van der Waals surface area contributed by atoms with E-state index in [1.807, 2.05) is 20.8 Å². The first-order valence-corrected chi connectivity index (χ1v) is 14.2. The van der Waals surface area contributed by atoms with Crippen LogP contribution in [0.1, 0.15) is 87.1 Å². The molecule has 2 aromatic heterocycles. The molecule has 2 heterocycles. The Labute approximate surface area is 218 Å². The summed E-state index contributed by atoms with van der Waals surface area (Å²) < 4.78 is 31.3. The number of hydrogen-bond acceptors (Lipinski definition) is 9. The zero-order chi connectivity index (χ0) is 28.2. The number of phosphoric ester groups is 1. The minimum atomic E-state index is -4.37. The van der Waals surface area contributed by atoms with Crippen molar-refractivity contribution in [2.75, 3.05) is 12.3 Å². The number of nitrogen functional groups attached to an aromatic ring is 1. The second-order valence-electron chi connectivity index (χ2n) is 11.3. The van der Waals surface area contributed by atoms with Crippen molar-refractivity contribution in [3.8, 4) is 0 Å². The molecule has 0 aliphatic heterocycles. The largest absolute Gasteiger partial charge is 0.472 e. The van der Waals surface area contributed by atoms with Crippen LogP contribution < -0.4 is 11.3 Å². The van der Waals surface area contributed by atoms with Crippen LogP contribution in [0.2, 0.25) is 0 Å². The zero-order valence-electron chi connectivity index (χ0n) is 23.2. The predicted octanol–water partition coefficient (Wildman–Crippen LogP) is 3.94. The summed E-state index contributed by atoms with van der Waals surface area (Å²) in [4.78, 5) is 33.2. The summed E-state index contributed by atoms with van der Waals surface area (Å²) in [7, 11) is -4.37. The van der Waals surface area contributed by atoms with E-state index in [1.165, 1.54) is 6.33 Å². The van der Waals surface area contributed by atoms with Gasteiger partial charge in [0.05, 0.1) is 36.3 Å². The van der Waals surface area contributed by atoms with Crippen molar-refractivity contribution >= 4 is 24.9 Å². The highest BCUT2D eigenvalue weighted by atomic mass is 31.2. The summed E-state index contributed by atoms with van der Waals surface area (Å²) in [6, 6.07) is -0.636. The summed E-state index contributed by atoms with van der Waals surface area (Å²) >= 11 is 0. The SMILES string of the molecule is CCCCCC(C)(C)OP(=O)(O)OCC(C)C(OC(C)(C)C)C(O)C(C)n1cnc2c(=O)[nH]c(N)nc21. The number of anilines is 1. The first kappa shape index (κ1) is 31.4. The van der Waals surface area contributed by atoms with Crippen molar-refractivity contribution in [3.63, 3.8) is 0 Å². The van der Waals surface area contributed by atoms with Crippen LogP contribution in [-0.4, -0.2) is 59.5 Å². The van der Waals surface area contributed by atoms with Gasteiger partial charge in [0.15, 0.2) is 11.2 Å². The van der Waals surface area contributed by atoms with Crippen LogP contribution in [0.25, 0.3) is 11.2 Å². The number of hydrogen-bond donors (Lipinski definition) is 4. The van der Waals surface area contributed by atoms with Crippen molar-refractivity contribution in [2.45, 2.75) is 111 Å². The molecule has 0 saturated carbocycles. The van der Waals surface area contributed by atoms with E-state index >= 15 is 0 Å². The Morgan fingerprint density at radius 3 is 2.46 bits per heavy atom. The molecular weight excluding hydrogens is 501 g/mol. The van der Waals surface area contributed by atoms with Gasteiger partial charge in [-0.25, -0.2) is 9.55 Å². The average Bonchev–Trinajstić information content (AvgIpc) is 3.17. The van der Waals surface area contributed by atoms with Gasteiger partial charge in [-0.05, 0) is 48.0 Å². The molecule has 0 amide bonds. The predicted molar refractivity (Wildman–Crippen MR) is 142 cm³/mol. The molecule has 212 valence electrons. The lowest BCUT2D eigenvalue weighted by molar-refractivity contribution is -0.146. The molecule has 0 spiro atoms. The monoisotopic (exact) mass is 545 g/mol. The first-order valence-electron chi connectivity index (χ1n) is 12.7. The van der Waals surface area contributed by atoms with Gasteiger partial charge in [-0.3, -0.25) is 18.8 Å². The Morgan fingerprint density at radius 1 is 1.22 bits per heavy atom. The van der Waals surface area contributed by atoms with Gasteiger partial charge in [0, 0.05) is 5.92 Å². The van der Waals surface area contributed by atoms with Crippen molar-refractivity contribution < 1.29 is 28.3 Å². The topological polar surface area (TPSA) is 175 Å². The number of nitrogens with two attached hydrogens (primary N) is 1. The molecule has 0 aliphatic rings. The summed E-state index contributed by atoms with van der Waals surface area (Å²) in [5.74, 6) is -0.582. The van der Waals surface area contributed by atoms with E-state index in [0.717, 1.165) is 19.3 Å². The molecular formula is C24H44N5O7P. The van der Waals surface area contributed by atoms with Gasteiger partial charge in [-0.1, -0.05) is 33.1 Å². The number of aromatic nitrogens is 4. The number of phosphoric acid groups is 1. The van der Waals surface area contributed by atoms with Crippen molar-refractivity contribution in [1.29, 1.82) is 0 Å². The highest BCUT2D eigenvalue weighted by molar-refractivity contribution is 7.47. The second-order valence-corrected chi connectivity index (χ2v) is 12.6. The van der Waals surface area contributed by atoms with E-state index in [4.69, 9.17) is 19.5 Å². The minimum absolute atomic E-state index is 0.0680. The van der Waals surface area contributed by atoms with E-state index in [-0.39, 0.29) is 23.7 Å². The van der Waals surface area contributed by atoms with Gasteiger partial charge in [0.2, 0.25) is 5.95 Å². The lowest BCUT2D eigenvalue weighted by Gasteiger charge is -2.37. The van der Waals surface area contributed by atoms with Gasteiger partial charge in [0.25, 0.3) is 5.56 Å². The second kappa shape index (κ2) is 12.4. The Bertz CT molecular complexity index is 1130. The average molecular weight is 546 g/mol. The molecule has 5 unspecified atom stereocenters. The Kier molecular flexibility index (Phi) is 10.5. The van der Waals surface area contributed by atoms with Crippen LogP contribution in [0.3, 0.4) is 0 Å². The number of aliphatic hydroxyl groups excluding tert-OH is 1. The van der Waals surface area contributed by atoms with Crippen molar-refractivity contribution in [3.05, 3.63) is 16.7 Å². The third-order valence-corrected chi connectivity index (χ3v) is 7.22. The van der Waals surface area contributed by atoms with Crippen molar-refractivity contribution in [2.24, 2.45) is 5.92 Å². The van der Waals surface area contributed by atoms with Gasteiger partial charge < -0.3 is 25.0 Å². The molecule has 12 nitrogen and oxygen atoms in total. The fraction of sp³-hybridized carbons (Fsp3) is 0.792. The number of nitrogens with zero attached hydrogens (tertiary/aromatic N) is 3. The molecule has 0 radical (unpaired) electrons. The van der Waals surface area contributed by atoms with Crippen LogP contribution in [0.5, 0.6) is 0 Å². The number of aromatic amines is 1. The number of H-pyrrole nitrogens is 1. The molecule has 0 saturated heterocycles. The molecule has 2 rings (SSSR count). The highest BCUT2D eigenvalue weighted by Crippen LogP contribution is 2.49. The van der Waals surface area contributed by atoms with Crippen LogP contribution in [-0.2, 0) is 18.3 Å². The molecule has 0 bridgehead atoms. The highest BCUT2D eigenvalue weighted by Gasteiger charge is 2.38. The zero-order valence-corrected chi connectivity index (χ0v) is 24.1. The maximum Gasteiger partial charge on any atom is 0.472 e. The maximum absolute atomic E-state index is 12.7. The molecule has 37 heavy (non-hydrogen) atoms. The third kappa shape index (κ3) is 9.15. The molecule has 5 atom stereocenters. The Hall–Kier alpha value is -1.82. The third-order valence-electron chi connectivity index (χ3n) is 6.02. The number of fused-ring (bicyclic) bond motifs is 1.